The summed E-state index contributed by atoms with van der Waals surface area (Å²) in [6.07, 6.45) is 6.38. The van der Waals surface area contributed by atoms with Crippen LogP contribution >= 0.6 is 11.8 Å². The van der Waals surface area contributed by atoms with Gasteiger partial charge in [0.1, 0.15) is 6.04 Å². The highest BCUT2D eigenvalue weighted by Gasteiger charge is 2.65. The van der Waals surface area contributed by atoms with Crippen LogP contribution in [0, 0.1) is 23.7 Å². The monoisotopic (exact) mass is 298 g/mol. The number of hydrogen-bond donors (Lipinski definition) is 3. The second-order valence-corrected chi connectivity index (χ2v) is 7.29. The van der Waals surface area contributed by atoms with E-state index in [9.17, 15) is 9.59 Å². The van der Waals surface area contributed by atoms with E-state index in [0.29, 0.717) is 24.3 Å². The highest BCUT2D eigenvalue weighted by molar-refractivity contribution is 7.98. The van der Waals surface area contributed by atoms with Crippen molar-refractivity contribution in [2.45, 2.75) is 37.8 Å². The smallest absolute Gasteiger partial charge is 0.326 e. The number of carbonyl (C=O) groups is 2. The Morgan fingerprint density at radius 2 is 1.95 bits per heavy atom. The van der Waals surface area contributed by atoms with Crippen LogP contribution in [-0.2, 0) is 4.79 Å². The molecule has 2 amide bonds. The molecule has 3 aliphatic rings. The van der Waals surface area contributed by atoms with Crippen LogP contribution < -0.4 is 10.6 Å². The minimum atomic E-state index is -0.953. The van der Waals surface area contributed by atoms with Gasteiger partial charge in [-0.2, -0.15) is 11.8 Å². The number of aliphatic carboxylic acids is 1. The third-order valence-corrected chi connectivity index (χ3v) is 5.89. The number of nitrogens with one attached hydrogen (secondary N) is 2. The first-order valence-electron chi connectivity index (χ1n) is 7.40. The molecule has 0 aromatic rings. The van der Waals surface area contributed by atoms with Gasteiger partial charge in [0.2, 0.25) is 0 Å². The molecule has 5 nitrogen and oxygen atoms in total. The molecular weight excluding hydrogens is 276 g/mol. The van der Waals surface area contributed by atoms with Crippen LogP contribution in [-0.4, -0.2) is 41.2 Å². The van der Waals surface area contributed by atoms with E-state index in [1.807, 2.05) is 6.26 Å². The zero-order valence-corrected chi connectivity index (χ0v) is 12.5. The van der Waals surface area contributed by atoms with Crippen molar-refractivity contribution in [3.05, 3.63) is 0 Å². The molecule has 3 fully saturated rings. The lowest BCUT2D eigenvalue weighted by Gasteiger charge is -2.16. The van der Waals surface area contributed by atoms with Crippen LogP contribution in [0.25, 0.3) is 0 Å². The van der Waals surface area contributed by atoms with Crippen molar-refractivity contribution in [1.82, 2.24) is 10.6 Å². The van der Waals surface area contributed by atoms with Crippen LogP contribution in [0.15, 0.2) is 0 Å². The molecule has 6 heteroatoms. The lowest BCUT2D eigenvalue weighted by atomic mass is 10.0. The molecule has 5 atom stereocenters. The second-order valence-electron chi connectivity index (χ2n) is 6.30. The SMILES string of the molecule is CSCCC(NC(=O)NC1C2C3CCC(C3)C12)C(=O)O. The lowest BCUT2D eigenvalue weighted by molar-refractivity contribution is -0.139. The number of hydrogen-bond acceptors (Lipinski definition) is 3. The average molecular weight is 298 g/mol. The topological polar surface area (TPSA) is 78.4 Å². The van der Waals surface area contributed by atoms with Crippen molar-refractivity contribution >= 4 is 23.8 Å². The Labute approximate surface area is 123 Å². The van der Waals surface area contributed by atoms with Gasteiger partial charge in [-0.25, -0.2) is 9.59 Å². The molecule has 3 rings (SSSR count). The average Bonchev–Trinajstić information content (AvgIpc) is 2.82. The molecule has 3 aliphatic carbocycles. The summed E-state index contributed by atoms with van der Waals surface area (Å²) in [6, 6.07) is -0.786. The fraction of sp³-hybridized carbons (Fsp3) is 0.857. The normalized spacial score (nSPS) is 38.1. The molecule has 112 valence electrons. The van der Waals surface area contributed by atoms with Gasteiger partial charge in [0, 0.05) is 6.04 Å². The molecule has 0 aromatic heterocycles. The first-order chi connectivity index (χ1) is 9.61. The van der Waals surface area contributed by atoms with Crippen LogP contribution in [0.3, 0.4) is 0 Å². The van der Waals surface area contributed by atoms with E-state index in [2.05, 4.69) is 10.6 Å². The summed E-state index contributed by atoms with van der Waals surface area (Å²) in [5.74, 6) is 2.74. The molecule has 2 bridgehead atoms. The van der Waals surface area contributed by atoms with Gasteiger partial charge in [-0.05, 0) is 61.4 Å². The number of carboxylic acids is 1. The van der Waals surface area contributed by atoms with Gasteiger partial charge < -0.3 is 15.7 Å². The molecule has 0 spiro atoms. The van der Waals surface area contributed by atoms with E-state index in [4.69, 9.17) is 5.11 Å². The van der Waals surface area contributed by atoms with Crippen molar-refractivity contribution in [1.29, 1.82) is 0 Å². The predicted molar refractivity (Wildman–Crippen MR) is 77.7 cm³/mol. The predicted octanol–water partition coefficient (Wildman–Crippen LogP) is 1.54. The number of carboxylic acid groups (broad SMARTS) is 1. The van der Waals surface area contributed by atoms with Gasteiger partial charge >= 0.3 is 12.0 Å². The highest BCUT2D eigenvalue weighted by atomic mass is 32.2. The zero-order valence-electron chi connectivity index (χ0n) is 11.7. The van der Waals surface area contributed by atoms with E-state index in [-0.39, 0.29) is 6.03 Å². The molecule has 3 saturated carbocycles. The van der Waals surface area contributed by atoms with Gasteiger partial charge in [-0.15, -0.1) is 0 Å². The Kier molecular flexibility index (Phi) is 3.84. The van der Waals surface area contributed by atoms with E-state index >= 15 is 0 Å². The molecule has 0 aromatic carbocycles. The Morgan fingerprint density at radius 3 is 2.50 bits per heavy atom. The van der Waals surface area contributed by atoms with Crippen LogP contribution in [0.2, 0.25) is 0 Å². The van der Waals surface area contributed by atoms with E-state index in [1.165, 1.54) is 19.3 Å². The quantitative estimate of drug-likeness (QED) is 0.695. The second kappa shape index (κ2) is 5.47. The Hall–Kier alpha value is -0.910. The largest absolute Gasteiger partial charge is 0.480 e. The summed E-state index contributed by atoms with van der Waals surface area (Å²) in [7, 11) is 0. The Bertz CT molecular complexity index is 401. The minimum absolute atomic E-state index is 0.302. The van der Waals surface area contributed by atoms with Gasteiger partial charge in [0.15, 0.2) is 0 Å². The minimum Gasteiger partial charge on any atom is -0.480 e. The maximum Gasteiger partial charge on any atom is 0.326 e. The summed E-state index contributed by atoms with van der Waals surface area (Å²) < 4.78 is 0. The van der Waals surface area contributed by atoms with Crippen molar-refractivity contribution < 1.29 is 14.7 Å². The molecule has 5 unspecified atom stereocenters. The molecule has 0 aliphatic heterocycles. The first-order valence-corrected chi connectivity index (χ1v) is 8.80. The first kappa shape index (κ1) is 14.0. The van der Waals surface area contributed by atoms with Crippen LogP contribution in [0.4, 0.5) is 4.79 Å². The number of carbonyl (C=O) groups excluding carboxylic acids is 1. The fourth-order valence-corrected chi connectivity index (χ4v) is 4.83. The zero-order chi connectivity index (χ0) is 14.3. The molecular formula is C14H22N2O3S. The third kappa shape index (κ3) is 2.50. The third-order valence-electron chi connectivity index (χ3n) is 5.25. The number of rotatable bonds is 6. The number of amides is 2. The lowest BCUT2D eigenvalue weighted by Crippen LogP contribution is -2.47. The summed E-state index contributed by atoms with van der Waals surface area (Å²) in [4.78, 5) is 23.0. The van der Waals surface area contributed by atoms with Crippen molar-refractivity contribution in [2.75, 3.05) is 12.0 Å². The summed E-state index contributed by atoms with van der Waals surface area (Å²) in [5, 5.41) is 14.7. The van der Waals surface area contributed by atoms with Crippen LogP contribution in [0.1, 0.15) is 25.7 Å². The van der Waals surface area contributed by atoms with Crippen molar-refractivity contribution in [3.8, 4) is 0 Å². The number of fused-ring (bicyclic) bond motifs is 5. The van der Waals surface area contributed by atoms with E-state index in [0.717, 1.165) is 17.6 Å². The van der Waals surface area contributed by atoms with E-state index in [1.54, 1.807) is 11.8 Å². The molecule has 0 heterocycles. The molecule has 0 saturated heterocycles. The fourth-order valence-electron chi connectivity index (χ4n) is 4.36. The van der Waals surface area contributed by atoms with E-state index < -0.39 is 12.0 Å². The van der Waals surface area contributed by atoms with Crippen molar-refractivity contribution in [2.24, 2.45) is 23.7 Å². The number of thioether (sulfide) groups is 1. The highest BCUT2D eigenvalue weighted by Crippen LogP contribution is 2.65. The maximum atomic E-state index is 11.9. The maximum absolute atomic E-state index is 11.9. The summed E-state index contributed by atoms with van der Waals surface area (Å²) in [5.41, 5.74) is 0. The molecule has 3 N–H and O–H groups in total. The van der Waals surface area contributed by atoms with Gasteiger partial charge in [-0.3, -0.25) is 0 Å². The van der Waals surface area contributed by atoms with Crippen molar-refractivity contribution in [3.63, 3.8) is 0 Å². The molecule has 0 radical (unpaired) electrons. The Morgan fingerprint density at radius 1 is 1.30 bits per heavy atom. The standard InChI is InChI=1S/C14H22N2O3S/c1-20-5-4-9(13(17)18)15-14(19)16-12-10-7-2-3-8(6-7)11(10)12/h7-12H,2-6H2,1H3,(H,17,18)(H2,15,16,19). The van der Waals surface area contributed by atoms with Gasteiger partial charge in [0.25, 0.3) is 0 Å². The summed E-state index contributed by atoms with van der Waals surface area (Å²) >= 11 is 1.59. The number of urea groups is 1. The van der Waals surface area contributed by atoms with Crippen LogP contribution in [0.5, 0.6) is 0 Å². The molecule has 20 heavy (non-hydrogen) atoms. The van der Waals surface area contributed by atoms with Gasteiger partial charge in [0.05, 0.1) is 0 Å². The summed E-state index contributed by atoms with van der Waals surface area (Å²) in [6.45, 7) is 0. The van der Waals surface area contributed by atoms with Gasteiger partial charge in [-0.1, -0.05) is 0 Å². The Balaban J connectivity index is 1.47.